The SMILES string of the molecule is [2H]C([2H])([2H])c1cnc(-c2ccc(C([2H])([2H])[2H])c3c2oc2cc4c(ccc5ccccc54)cc23)cc1C1([2H])CCCCC1. The lowest BCUT2D eigenvalue weighted by molar-refractivity contribution is 0.442. The number of aromatic nitrogens is 1. The Morgan fingerprint density at radius 2 is 1.69 bits per heavy atom. The molecule has 7 rings (SSSR count). The second-order valence-electron chi connectivity index (χ2n) is 9.60. The van der Waals surface area contributed by atoms with Gasteiger partial charge in [0.15, 0.2) is 0 Å². The lowest BCUT2D eigenvalue weighted by atomic mass is 9.82. The van der Waals surface area contributed by atoms with Gasteiger partial charge < -0.3 is 4.42 Å². The van der Waals surface area contributed by atoms with Gasteiger partial charge in [-0.1, -0.05) is 61.7 Å². The zero-order chi connectivity index (χ0) is 29.4. The molecule has 0 spiro atoms. The maximum Gasteiger partial charge on any atom is 0.145 e. The molecule has 2 heterocycles. The van der Waals surface area contributed by atoms with Crippen LogP contribution in [0.1, 0.15) is 64.3 Å². The van der Waals surface area contributed by atoms with Crippen molar-refractivity contribution in [1.82, 2.24) is 4.98 Å². The summed E-state index contributed by atoms with van der Waals surface area (Å²) in [6.07, 6.45) is 5.29. The average molecular weight is 463 g/mol. The number of hydrogen-bond acceptors (Lipinski definition) is 2. The van der Waals surface area contributed by atoms with E-state index in [1.165, 1.54) is 6.20 Å². The van der Waals surface area contributed by atoms with E-state index < -0.39 is 19.6 Å². The first-order valence-electron chi connectivity index (χ1n) is 15.8. The Bertz CT molecular complexity index is 2010. The van der Waals surface area contributed by atoms with Crippen molar-refractivity contribution in [2.45, 2.75) is 51.7 Å². The number of fused-ring (bicyclic) bond motifs is 6. The zero-order valence-electron chi connectivity index (χ0n) is 26.3. The largest absolute Gasteiger partial charge is 0.455 e. The molecule has 2 nitrogen and oxygen atoms in total. The molecule has 172 valence electrons. The van der Waals surface area contributed by atoms with E-state index in [1.807, 2.05) is 30.3 Å². The molecule has 0 atom stereocenters. The Morgan fingerprint density at radius 1 is 0.829 bits per heavy atom. The van der Waals surface area contributed by atoms with Crippen molar-refractivity contribution < 1.29 is 14.0 Å². The van der Waals surface area contributed by atoms with Gasteiger partial charge in [0.05, 0.1) is 5.69 Å². The van der Waals surface area contributed by atoms with E-state index in [-0.39, 0.29) is 11.1 Å². The van der Waals surface area contributed by atoms with E-state index >= 15 is 0 Å². The van der Waals surface area contributed by atoms with E-state index in [1.54, 1.807) is 18.2 Å². The lowest BCUT2D eigenvalue weighted by Gasteiger charge is -2.24. The topological polar surface area (TPSA) is 26.0 Å². The van der Waals surface area contributed by atoms with Gasteiger partial charge in [0.2, 0.25) is 0 Å². The number of hydrogen-bond donors (Lipinski definition) is 0. The fourth-order valence-electron chi connectivity index (χ4n) is 5.73. The monoisotopic (exact) mass is 462 g/mol. The van der Waals surface area contributed by atoms with E-state index in [9.17, 15) is 1.37 Å². The molecule has 1 saturated carbocycles. The zero-order valence-corrected chi connectivity index (χ0v) is 19.3. The van der Waals surface area contributed by atoms with Gasteiger partial charge >= 0.3 is 0 Å². The number of aryl methyl sites for hydroxylation is 2. The molecule has 0 N–H and O–H groups in total. The minimum Gasteiger partial charge on any atom is -0.455 e. The van der Waals surface area contributed by atoms with Gasteiger partial charge in [-0.05, 0) is 94.9 Å². The molecule has 0 bridgehead atoms. The summed E-state index contributed by atoms with van der Waals surface area (Å²) in [4.78, 5) is 4.57. The van der Waals surface area contributed by atoms with Gasteiger partial charge in [-0.3, -0.25) is 4.98 Å². The molecule has 4 aromatic carbocycles. The summed E-state index contributed by atoms with van der Waals surface area (Å²) in [6, 6.07) is 21.2. The molecule has 0 aliphatic heterocycles. The van der Waals surface area contributed by atoms with Crippen LogP contribution in [0.15, 0.2) is 77.3 Å². The van der Waals surface area contributed by atoms with Gasteiger partial charge in [0, 0.05) is 32.1 Å². The van der Waals surface area contributed by atoms with Crippen molar-refractivity contribution in [3.63, 3.8) is 0 Å². The standard InChI is InChI=1S/C33H29NO/c1-20-12-15-26(30-17-27(21(2)19-34-30)22-8-4-3-5-9-22)33-32(20)29-16-24-14-13-23-10-6-7-11-25(23)28(24)18-31(29)35-33/h6-7,10-19,22H,3-5,8-9H2,1-2H3/i1D3,2D3,22D. The second kappa shape index (κ2) is 7.95. The molecular formula is C33H29NO. The molecule has 0 unspecified atom stereocenters. The smallest absolute Gasteiger partial charge is 0.145 e. The third-order valence-corrected chi connectivity index (χ3v) is 7.50. The van der Waals surface area contributed by atoms with Crippen molar-refractivity contribution in [2.75, 3.05) is 0 Å². The maximum atomic E-state index is 9.28. The van der Waals surface area contributed by atoms with E-state index in [0.717, 1.165) is 40.8 Å². The summed E-state index contributed by atoms with van der Waals surface area (Å²) < 4.78 is 65.1. The van der Waals surface area contributed by atoms with Crippen LogP contribution >= 0.6 is 0 Å². The van der Waals surface area contributed by atoms with Crippen LogP contribution in [0.3, 0.4) is 0 Å². The highest BCUT2D eigenvalue weighted by Gasteiger charge is 2.21. The highest BCUT2D eigenvalue weighted by atomic mass is 16.3. The molecule has 1 aliphatic rings. The number of furan rings is 1. The predicted molar refractivity (Wildman–Crippen MR) is 147 cm³/mol. The molecule has 35 heavy (non-hydrogen) atoms. The summed E-state index contributed by atoms with van der Waals surface area (Å²) in [6.45, 7) is -4.79. The molecule has 1 fully saturated rings. The summed E-state index contributed by atoms with van der Waals surface area (Å²) in [5.74, 6) is -1.02. The van der Waals surface area contributed by atoms with Gasteiger partial charge in [-0.15, -0.1) is 0 Å². The van der Waals surface area contributed by atoms with E-state index in [0.29, 0.717) is 51.6 Å². The average Bonchev–Trinajstić information content (AvgIpc) is 3.33. The first-order valence-corrected chi connectivity index (χ1v) is 12.3. The molecular weight excluding hydrogens is 426 g/mol. The number of rotatable bonds is 2. The summed E-state index contributed by atoms with van der Waals surface area (Å²) >= 11 is 0. The normalized spacial score (nSPS) is 19.6. The van der Waals surface area contributed by atoms with E-state index in [2.05, 4.69) is 23.2 Å². The number of pyridine rings is 1. The third-order valence-electron chi connectivity index (χ3n) is 7.50. The Kier molecular flexibility index (Phi) is 3.33. The Balaban J connectivity index is 1.53. The highest BCUT2D eigenvalue weighted by Crippen LogP contribution is 2.41. The van der Waals surface area contributed by atoms with Crippen LogP contribution in [0.4, 0.5) is 0 Å². The first kappa shape index (κ1) is 14.7. The second-order valence-corrected chi connectivity index (χ2v) is 9.60. The van der Waals surface area contributed by atoms with Crippen LogP contribution in [0.5, 0.6) is 0 Å². The predicted octanol–water partition coefficient (Wildman–Crippen LogP) is 9.62. The van der Waals surface area contributed by atoms with Crippen LogP contribution in [0.25, 0.3) is 54.7 Å². The quantitative estimate of drug-likeness (QED) is 0.239. The molecule has 1 aliphatic carbocycles. The number of benzene rings is 4. The minimum atomic E-state index is -2.41. The van der Waals surface area contributed by atoms with Crippen molar-refractivity contribution in [2.24, 2.45) is 0 Å². The van der Waals surface area contributed by atoms with Gasteiger partial charge in [-0.2, -0.15) is 0 Å². The summed E-state index contributed by atoms with van der Waals surface area (Å²) in [7, 11) is 0. The van der Waals surface area contributed by atoms with Crippen LogP contribution in [-0.4, -0.2) is 4.98 Å². The van der Waals surface area contributed by atoms with Crippen molar-refractivity contribution >= 4 is 43.5 Å². The molecule has 0 radical (unpaired) electrons. The number of nitrogens with zero attached hydrogens (tertiary/aromatic N) is 1. The van der Waals surface area contributed by atoms with Gasteiger partial charge in [0.25, 0.3) is 0 Å². The highest BCUT2D eigenvalue weighted by molar-refractivity contribution is 6.18. The van der Waals surface area contributed by atoms with Crippen molar-refractivity contribution in [3.8, 4) is 11.3 Å². The van der Waals surface area contributed by atoms with E-state index in [4.69, 9.17) is 12.6 Å². The fourth-order valence-corrected chi connectivity index (χ4v) is 5.73. The van der Waals surface area contributed by atoms with Crippen LogP contribution in [0.2, 0.25) is 0 Å². The first-order chi connectivity index (χ1) is 19.9. The van der Waals surface area contributed by atoms with Crippen molar-refractivity contribution in [1.29, 1.82) is 0 Å². The minimum absolute atomic E-state index is 0.0984. The van der Waals surface area contributed by atoms with Crippen molar-refractivity contribution in [3.05, 3.63) is 89.6 Å². The van der Waals surface area contributed by atoms with Gasteiger partial charge in [0.1, 0.15) is 11.2 Å². The third kappa shape index (κ3) is 3.27. The molecule has 6 aromatic rings. The maximum absolute atomic E-state index is 9.28. The van der Waals surface area contributed by atoms with Crippen LogP contribution < -0.4 is 0 Å². The van der Waals surface area contributed by atoms with Crippen LogP contribution in [-0.2, 0) is 0 Å². The fraction of sp³-hybridized carbons (Fsp3) is 0.242. The summed E-state index contributed by atoms with van der Waals surface area (Å²) in [5, 5.41) is 5.36. The Labute approximate surface area is 215 Å². The molecule has 2 heteroatoms. The van der Waals surface area contributed by atoms with Crippen LogP contribution in [0, 0.1) is 13.7 Å². The molecule has 2 aromatic heterocycles. The lowest BCUT2D eigenvalue weighted by Crippen LogP contribution is -2.07. The summed E-state index contributed by atoms with van der Waals surface area (Å²) in [5.41, 5.74) is 2.74. The molecule has 0 amide bonds. The molecule has 0 saturated heterocycles. The van der Waals surface area contributed by atoms with Gasteiger partial charge in [-0.25, -0.2) is 0 Å². The Morgan fingerprint density at radius 3 is 2.57 bits per heavy atom. The Hall–Kier alpha value is -3.65.